The van der Waals surface area contributed by atoms with Crippen molar-refractivity contribution in [2.45, 2.75) is 297 Å². The zero-order chi connectivity index (χ0) is 60.1. The molecule has 0 fully saturated rings. The molecular weight excluding hydrogens is 1080 g/mol. The van der Waals surface area contributed by atoms with E-state index in [4.69, 9.17) is 37.0 Å². The van der Waals surface area contributed by atoms with E-state index < -0.39 is 97.5 Å². The molecule has 0 radical (unpaired) electrons. The standard InChI is InChI=1S/C62H116O17P2/c1-7-10-12-14-15-16-17-18-19-20-21-22-27-34-40-46-61(66)78-58(51-73-60(65)45-39-33-26-24-23-25-31-36-42-54(4)5)53-77-81(70,71)75-49-56(63)48-74-80(68,69)76-52-57(50-72-59(64)44-38-30-13-11-8-2)79-62(67)47-41-35-29-28-32-37-43-55(6)9-3/h16-19,54-58,63H,7-15,20-53H2,1-6H3,(H,68,69)(H,70,71)/b17-16-,19-18-/t55?,56-,57+,58+/m0/s1. The molecule has 3 N–H and O–H groups in total. The van der Waals surface area contributed by atoms with Crippen molar-refractivity contribution >= 4 is 39.5 Å². The van der Waals surface area contributed by atoms with Crippen molar-refractivity contribution in [3.05, 3.63) is 24.3 Å². The fourth-order valence-electron chi connectivity index (χ4n) is 8.61. The van der Waals surface area contributed by atoms with Crippen molar-refractivity contribution in [3.63, 3.8) is 0 Å². The molecule has 0 aromatic carbocycles. The maximum absolute atomic E-state index is 12.9. The Morgan fingerprint density at radius 3 is 1.11 bits per heavy atom. The molecule has 0 spiro atoms. The van der Waals surface area contributed by atoms with Gasteiger partial charge in [0.1, 0.15) is 19.3 Å². The SMILES string of the molecule is CCCCCC/C=C\C=C/CCCCCCCC(=O)O[C@H](COC(=O)CCCCCCCCCCC(C)C)COP(=O)(O)OC[C@@H](O)COP(=O)(O)OC[C@@H](COC(=O)CCCCCCC)OC(=O)CCCCCCCCC(C)CC. The molecule has 6 atom stereocenters. The first-order valence-electron chi connectivity index (χ1n) is 31.8. The van der Waals surface area contributed by atoms with Crippen molar-refractivity contribution in [1.82, 2.24) is 0 Å². The molecule has 0 rings (SSSR count). The van der Waals surface area contributed by atoms with Crippen molar-refractivity contribution in [2.24, 2.45) is 11.8 Å². The van der Waals surface area contributed by atoms with Gasteiger partial charge < -0.3 is 33.8 Å². The number of rotatable bonds is 59. The molecule has 0 aromatic rings. The van der Waals surface area contributed by atoms with E-state index in [2.05, 4.69) is 65.8 Å². The average molecular weight is 1200 g/mol. The van der Waals surface area contributed by atoms with Gasteiger partial charge in [-0.25, -0.2) is 9.13 Å². The van der Waals surface area contributed by atoms with Crippen LogP contribution < -0.4 is 0 Å². The van der Waals surface area contributed by atoms with Crippen LogP contribution in [0.25, 0.3) is 0 Å². The maximum Gasteiger partial charge on any atom is 0.472 e. The summed E-state index contributed by atoms with van der Waals surface area (Å²) in [4.78, 5) is 71.8. The van der Waals surface area contributed by atoms with Crippen LogP contribution in [0.15, 0.2) is 24.3 Å². The summed E-state index contributed by atoms with van der Waals surface area (Å²) in [7, 11) is -9.89. The molecule has 0 aromatic heterocycles. The van der Waals surface area contributed by atoms with Crippen LogP contribution in [0, 0.1) is 11.8 Å². The van der Waals surface area contributed by atoms with Crippen molar-refractivity contribution in [3.8, 4) is 0 Å². The Hall–Kier alpha value is -2.46. The van der Waals surface area contributed by atoms with Gasteiger partial charge in [0.05, 0.1) is 26.4 Å². The number of ether oxygens (including phenoxy) is 4. The number of aliphatic hydroxyl groups excluding tert-OH is 1. The summed E-state index contributed by atoms with van der Waals surface area (Å²) < 4.78 is 67.6. The fourth-order valence-corrected chi connectivity index (χ4v) is 10.2. The summed E-state index contributed by atoms with van der Waals surface area (Å²) in [6.45, 7) is 9.23. The number of hydrogen-bond acceptors (Lipinski definition) is 15. The molecule has 0 amide bonds. The van der Waals surface area contributed by atoms with Gasteiger partial charge in [0, 0.05) is 25.7 Å². The van der Waals surface area contributed by atoms with E-state index >= 15 is 0 Å². The number of esters is 4. The van der Waals surface area contributed by atoms with Crippen LogP contribution in [0.1, 0.15) is 279 Å². The van der Waals surface area contributed by atoms with E-state index in [0.717, 1.165) is 127 Å². The lowest BCUT2D eigenvalue weighted by Gasteiger charge is -2.21. The highest BCUT2D eigenvalue weighted by atomic mass is 31.2. The zero-order valence-corrected chi connectivity index (χ0v) is 53.3. The molecule has 0 aliphatic heterocycles. The smallest absolute Gasteiger partial charge is 0.462 e. The summed E-state index contributed by atoms with van der Waals surface area (Å²) in [5.74, 6) is -0.740. The summed E-state index contributed by atoms with van der Waals surface area (Å²) in [5.41, 5.74) is 0. The van der Waals surface area contributed by atoms with Gasteiger partial charge in [-0.2, -0.15) is 0 Å². The molecule has 0 aliphatic carbocycles. The number of unbranched alkanes of at least 4 members (excludes halogenated alkanes) is 25. The molecule has 0 saturated carbocycles. The quantitative estimate of drug-likeness (QED) is 0.0169. The van der Waals surface area contributed by atoms with Crippen molar-refractivity contribution < 1.29 is 80.2 Å². The molecule has 81 heavy (non-hydrogen) atoms. The number of hydrogen-bond donors (Lipinski definition) is 3. The van der Waals surface area contributed by atoms with Gasteiger partial charge in [-0.05, 0) is 63.2 Å². The molecule has 3 unspecified atom stereocenters. The van der Waals surface area contributed by atoms with Crippen LogP contribution in [-0.4, -0.2) is 96.7 Å². The van der Waals surface area contributed by atoms with Gasteiger partial charge >= 0.3 is 39.5 Å². The number of phosphoric acid groups is 2. The number of allylic oxidation sites excluding steroid dienone is 4. The Labute approximate surface area is 491 Å². The first-order valence-corrected chi connectivity index (χ1v) is 34.8. The minimum Gasteiger partial charge on any atom is -0.462 e. The fraction of sp³-hybridized carbons (Fsp3) is 0.871. The minimum absolute atomic E-state index is 0.0839. The third kappa shape index (κ3) is 55.2. The van der Waals surface area contributed by atoms with E-state index in [1.54, 1.807) is 0 Å². The Balaban J connectivity index is 5.23. The monoisotopic (exact) mass is 1190 g/mol. The van der Waals surface area contributed by atoms with E-state index in [0.29, 0.717) is 25.7 Å². The van der Waals surface area contributed by atoms with Crippen LogP contribution in [0.3, 0.4) is 0 Å². The van der Waals surface area contributed by atoms with Gasteiger partial charge in [-0.3, -0.25) is 37.3 Å². The first kappa shape index (κ1) is 78.5. The van der Waals surface area contributed by atoms with Crippen LogP contribution in [0.4, 0.5) is 0 Å². The molecule has 0 saturated heterocycles. The highest BCUT2D eigenvalue weighted by Crippen LogP contribution is 2.45. The predicted molar refractivity (Wildman–Crippen MR) is 321 cm³/mol. The average Bonchev–Trinajstić information content (AvgIpc) is 3.43. The highest BCUT2D eigenvalue weighted by Gasteiger charge is 2.30. The number of aliphatic hydroxyl groups is 1. The van der Waals surface area contributed by atoms with Crippen molar-refractivity contribution in [2.75, 3.05) is 39.6 Å². The number of carbonyl (C=O) groups is 4. The van der Waals surface area contributed by atoms with Crippen LogP contribution in [0.5, 0.6) is 0 Å². The minimum atomic E-state index is -4.95. The molecule has 0 bridgehead atoms. The highest BCUT2D eigenvalue weighted by molar-refractivity contribution is 7.47. The summed E-state index contributed by atoms with van der Waals surface area (Å²) >= 11 is 0. The molecular formula is C62H116O17P2. The third-order valence-electron chi connectivity index (χ3n) is 13.9. The van der Waals surface area contributed by atoms with E-state index in [9.17, 15) is 43.2 Å². The molecule has 19 heteroatoms. The van der Waals surface area contributed by atoms with Crippen LogP contribution >= 0.6 is 15.6 Å². The van der Waals surface area contributed by atoms with Gasteiger partial charge in [0.25, 0.3) is 0 Å². The lowest BCUT2D eigenvalue weighted by atomic mass is 10.00. The Morgan fingerprint density at radius 2 is 0.728 bits per heavy atom. The molecule has 17 nitrogen and oxygen atoms in total. The van der Waals surface area contributed by atoms with Gasteiger partial charge in [0.2, 0.25) is 0 Å². The van der Waals surface area contributed by atoms with Crippen LogP contribution in [-0.2, 0) is 65.4 Å². The van der Waals surface area contributed by atoms with Gasteiger partial charge in [-0.1, -0.05) is 226 Å². The first-order chi connectivity index (χ1) is 38.9. The third-order valence-corrected chi connectivity index (χ3v) is 15.8. The van der Waals surface area contributed by atoms with Gasteiger partial charge in [0.15, 0.2) is 12.2 Å². The maximum atomic E-state index is 12.9. The Morgan fingerprint density at radius 1 is 0.407 bits per heavy atom. The number of carbonyl (C=O) groups excluding carboxylic acids is 4. The topological polar surface area (TPSA) is 237 Å². The molecule has 0 aliphatic rings. The lowest BCUT2D eigenvalue weighted by molar-refractivity contribution is -0.161. The second-order valence-electron chi connectivity index (χ2n) is 22.5. The van der Waals surface area contributed by atoms with Crippen molar-refractivity contribution in [1.29, 1.82) is 0 Å². The second kappa shape index (κ2) is 54.2. The number of phosphoric ester groups is 2. The normalized spacial score (nSPS) is 14.9. The predicted octanol–water partition coefficient (Wildman–Crippen LogP) is 16.4. The lowest BCUT2D eigenvalue weighted by Crippen LogP contribution is -2.30. The largest absolute Gasteiger partial charge is 0.472 e. The zero-order valence-electron chi connectivity index (χ0n) is 51.6. The van der Waals surface area contributed by atoms with E-state index in [1.165, 1.54) is 70.6 Å². The van der Waals surface area contributed by atoms with E-state index in [-0.39, 0.29) is 25.7 Å². The summed E-state index contributed by atoms with van der Waals surface area (Å²) in [6.07, 6.45) is 38.9. The summed E-state index contributed by atoms with van der Waals surface area (Å²) in [5, 5.41) is 10.5. The Kier molecular flexibility index (Phi) is 52.6. The van der Waals surface area contributed by atoms with Crippen LogP contribution in [0.2, 0.25) is 0 Å². The van der Waals surface area contributed by atoms with E-state index in [1.807, 2.05) is 0 Å². The Bertz CT molecular complexity index is 1690. The molecule has 476 valence electrons. The summed E-state index contributed by atoms with van der Waals surface area (Å²) in [6, 6.07) is 0. The molecule has 0 heterocycles. The van der Waals surface area contributed by atoms with Gasteiger partial charge in [-0.15, -0.1) is 0 Å². The second-order valence-corrected chi connectivity index (χ2v) is 25.4.